The Bertz CT molecular complexity index is 577. The molecule has 0 bridgehead atoms. The van der Waals surface area contributed by atoms with Crippen molar-refractivity contribution >= 4 is 34.7 Å². The van der Waals surface area contributed by atoms with E-state index in [9.17, 15) is 4.79 Å². The number of halogens is 1. The summed E-state index contributed by atoms with van der Waals surface area (Å²) >= 11 is 7.39. The van der Waals surface area contributed by atoms with Crippen LogP contribution in [0.3, 0.4) is 0 Å². The van der Waals surface area contributed by atoms with Crippen LogP contribution in [0.25, 0.3) is 0 Å². The predicted molar refractivity (Wildman–Crippen MR) is 81.7 cm³/mol. The van der Waals surface area contributed by atoms with Crippen molar-refractivity contribution in [2.75, 3.05) is 31.1 Å². The van der Waals surface area contributed by atoms with E-state index in [0.29, 0.717) is 5.02 Å². The Balaban J connectivity index is 1.62. The number of thiophene rings is 1. The molecule has 0 spiro atoms. The van der Waals surface area contributed by atoms with Gasteiger partial charge in [-0.2, -0.15) is 11.3 Å². The third-order valence-electron chi connectivity index (χ3n) is 3.37. The molecule has 0 aromatic carbocycles. The summed E-state index contributed by atoms with van der Waals surface area (Å²) in [6.07, 6.45) is 1.65. The van der Waals surface area contributed by atoms with E-state index >= 15 is 0 Å². The maximum Gasteiger partial charge on any atom is 0.254 e. The van der Waals surface area contributed by atoms with Crippen molar-refractivity contribution in [2.24, 2.45) is 0 Å². The molecular formula is C14H14ClN3OS. The molecule has 6 heteroatoms. The van der Waals surface area contributed by atoms with Gasteiger partial charge in [0.05, 0.1) is 10.6 Å². The quantitative estimate of drug-likeness (QED) is 0.856. The number of rotatable bonds is 2. The molecule has 0 N–H and O–H groups in total. The van der Waals surface area contributed by atoms with Crippen molar-refractivity contribution in [3.63, 3.8) is 0 Å². The summed E-state index contributed by atoms with van der Waals surface area (Å²) in [7, 11) is 0. The first-order valence-corrected chi connectivity index (χ1v) is 7.74. The third-order valence-corrected chi connectivity index (χ3v) is 4.28. The molecule has 0 atom stereocenters. The summed E-state index contributed by atoms with van der Waals surface area (Å²) in [5.41, 5.74) is 0.785. The fraction of sp³-hybridized carbons (Fsp3) is 0.286. The number of pyridine rings is 1. The van der Waals surface area contributed by atoms with Crippen LogP contribution in [0.5, 0.6) is 0 Å². The summed E-state index contributed by atoms with van der Waals surface area (Å²) in [5.74, 6) is 1.03. The van der Waals surface area contributed by atoms with Gasteiger partial charge in [0, 0.05) is 37.8 Å². The second-order valence-corrected chi connectivity index (χ2v) is 5.84. The Hall–Kier alpha value is -1.59. The Labute approximate surface area is 126 Å². The molecule has 1 aliphatic rings. The minimum Gasteiger partial charge on any atom is -0.353 e. The van der Waals surface area contributed by atoms with Crippen molar-refractivity contribution in [3.05, 3.63) is 45.7 Å². The fourth-order valence-corrected chi connectivity index (χ4v) is 3.00. The van der Waals surface area contributed by atoms with Gasteiger partial charge in [0.25, 0.3) is 5.91 Å². The number of hydrogen-bond acceptors (Lipinski definition) is 4. The number of anilines is 1. The van der Waals surface area contributed by atoms with Gasteiger partial charge in [-0.25, -0.2) is 4.98 Å². The molecular weight excluding hydrogens is 294 g/mol. The standard InChI is InChI=1S/C14H14ClN3OS/c15-12-1-2-13(16-9-12)17-4-6-18(7-5-17)14(19)11-3-8-20-10-11/h1-3,8-10H,4-7H2. The molecule has 1 saturated heterocycles. The van der Waals surface area contributed by atoms with E-state index in [0.717, 1.165) is 37.6 Å². The van der Waals surface area contributed by atoms with Crippen LogP contribution < -0.4 is 4.90 Å². The Kier molecular flexibility index (Phi) is 3.89. The lowest BCUT2D eigenvalue weighted by molar-refractivity contribution is 0.0747. The van der Waals surface area contributed by atoms with Crippen molar-refractivity contribution in [1.82, 2.24) is 9.88 Å². The topological polar surface area (TPSA) is 36.4 Å². The largest absolute Gasteiger partial charge is 0.353 e. The van der Waals surface area contributed by atoms with Gasteiger partial charge in [0.2, 0.25) is 0 Å². The smallest absolute Gasteiger partial charge is 0.254 e. The van der Waals surface area contributed by atoms with Crippen LogP contribution in [0.4, 0.5) is 5.82 Å². The van der Waals surface area contributed by atoms with Crippen LogP contribution in [0.15, 0.2) is 35.2 Å². The highest BCUT2D eigenvalue weighted by Gasteiger charge is 2.22. The van der Waals surface area contributed by atoms with Crippen LogP contribution in [0, 0.1) is 0 Å². The van der Waals surface area contributed by atoms with Gasteiger partial charge in [-0.3, -0.25) is 4.79 Å². The molecule has 3 rings (SSSR count). The predicted octanol–water partition coefficient (Wildman–Crippen LogP) is 2.76. The first kappa shape index (κ1) is 13.4. The Morgan fingerprint density at radius 2 is 2.00 bits per heavy atom. The maximum absolute atomic E-state index is 12.2. The molecule has 20 heavy (non-hydrogen) atoms. The molecule has 1 amide bonds. The molecule has 0 aliphatic carbocycles. The van der Waals surface area contributed by atoms with E-state index < -0.39 is 0 Å². The highest BCUT2D eigenvalue weighted by atomic mass is 35.5. The number of carbonyl (C=O) groups is 1. The number of carbonyl (C=O) groups excluding carboxylic acids is 1. The number of aromatic nitrogens is 1. The minimum atomic E-state index is 0.120. The monoisotopic (exact) mass is 307 g/mol. The average molecular weight is 308 g/mol. The van der Waals surface area contributed by atoms with Gasteiger partial charge in [0.15, 0.2) is 0 Å². The summed E-state index contributed by atoms with van der Waals surface area (Å²) in [4.78, 5) is 20.6. The minimum absolute atomic E-state index is 0.120. The van der Waals surface area contributed by atoms with Crippen LogP contribution in [0.1, 0.15) is 10.4 Å². The van der Waals surface area contributed by atoms with Crippen LogP contribution in [-0.2, 0) is 0 Å². The zero-order valence-corrected chi connectivity index (χ0v) is 12.4. The molecule has 1 aliphatic heterocycles. The second-order valence-electron chi connectivity index (χ2n) is 4.63. The fourth-order valence-electron chi connectivity index (χ4n) is 2.26. The average Bonchev–Trinajstić information content (AvgIpc) is 3.02. The van der Waals surface area contributed by atoms with E-state index in [4.69, 9.17) is 11.6 Å². The Morgan fingerprint density at radius 3 is 2.60 bits per heavy atom. The number of piperazine rings is 1. The third kappa shape index (κ3) is 2.78. The summed E-state index contributed by atoms with van der Waals surface area (Å²) in [5, 5.41) is 4.47. The van der Waals surface area contributed by atoms with Gasteiger partial charge in [0.1, 0.15) is 5.82 Å². The van der Waals surface area contributed by atoms with Crippen LogP contribution in [-0.4, -0.2) is 42.0 Å². The van der Waals surface area contributed by atoms with E-state index in [-0.39, 0.29) is 5.91 Å². The van der Waals surface area contributed by atoms with Crippen LogP contribution in [0.2, 0.25) is 5.02 Å². The van der Waals surface area contributed by atoms with Crippen molar-refractivity contribution in [3.8, 4) is 0 Å². The zero-order chi connectivity index (χ0) is 13.9. The number of amides is 1. The SMILES string of the molecule is O=C(c1ccsc1)N1CCN(c2ccc(Cl)cn2)CC1. The van der Waals surface area contributed by atoms with E-state index in [1.165, 1.54) is 0 Å². The van der Waals surface area contributed by atoms with Crippen LogP contribution >= 0.6 is 22.9 Å². The molecule has 2 aromatic heterocycles. The maximum atomic E-state index is 12.2. The summed E-state index contributed by atoms with van der Waals surface area (Å²) in [6, 6.07) is 5.63. The van der Waals surface area contributed by atoms with Crippen molar-refractivity contribution in [1.29, 1.82) is 0 Å². The molecule has 2 aromatic rings. The second kappa shape index (κ2) is 5.81. The summed E-state index contributed by atoms with van der Waals surface area (Å²) in [6.45, 7) is 3.03. The van der Waals surface area contributed by atoms with Gasteiger partial charge >= 0.3 is 0 Å². The molecule has 0 saturated carbocycles. The van der Waals surface area contributed by atoms with Gasteiger partial charge in [-0.1, -0.05) is 11.6 Å². The lowest BCUT2D eigenvalue weighted by atomic mass is 10.2. The van der Waals surface area contributed by atoms with E-state index in [1.54, 1.807) is 17.5 Å². The van der Waals surface area contributed by atoms with E-state index in [1.807, 2.05) is 33.9 Å². The number of hydrogen-bond donors (Lipinski definition) is 0. The van der Waals surface area contributed by atoms with Gasteiger partial charge in [-0.05, 0) is 23.6 Å². The number of nitrogens with zero attached hydrogens (tertiary/aromatic N) is 3. The normalized spacial score (nSPS) is 15.4. The lowest BCUT2D eigenvalue weighted by Crippen LogP contribution is -2.49. The molecule has 1 fully saturated rings. The highest BCUT2D eigenvalue weighted by Crippen LogP contribution is 2.17. The first-order chi connectivity index (χ1) is 9.74. The van der Waals surface area contributed by atoms with Crippen molar-refractivity contribution < 1.29 is 4.79 Å². The molecule has 3 heterocycles. The van der Waals surface area contributed by atoms with Gasteiger partial charge in [-0.15, -0.1) is 0 Å². The van der Waals surface area contributed by atoms with Crippen molar-refractivity contribution in [2.45, 2.75) is 0 Å². The molecule has 4 nitrogen and oxygen atoms in total. The summed E-state index contributed by atoms with van der Waals surface area (Å²) < 4.78 is 0. The lowest BCUT2D eigenvalue weighted by Gasteiger charge is -2.35. The first-order valence-electron chi connectivity index (χ1n) is 6.42. The molecule has 0 unspecified atom stereocenters. The highest BCUT2D eigenvalue weighted by molar-refractivity contribution is 7.08. The molecule has 104 valence electrons. The Morgan fingerprint density at radius 1 is 1.20 bits per heavy atom. The molecule has 0 radical (unpaired) electrons. The van der Waals surface area contributed by atoms with Gasteiger partial charge < -0.3 is 9.80 Å². The van der Waals surface area contributed by atoms with E-state index in [2.05, 4.69) is 9.88 Å². The zero-order valence-electron chi connectivity index (χ0n) is 10.8.